The number of benzene rings is 1. The summed E-state index contributed by atoms with van der Waals surface area (Å²) < 4.78 is 0. The van der Waals surface area contributed by atoms with Crippen LogP contribution in [0.25, 0.3) is 0 Å². The van der Waals surface area contributed by atoms with Gasteiger partial charge in [-0.2, -0.15) is 5.21 Å². The summed E-state index contributed by atoms with van der Waals surface area (Å²) in [5, 5.41) is 24.1. The van der Waals surface area contributed by atoms with Crippen molar-refractivity contribution >= 4 is 5.91 Å². The highest BCUT2D eigenvalue weighted by Gasteiger charge is 2.29. The third kappa shape index (κ3) is 2.58. The van der Waals surface area contributed by atoms with E-state index in [4.69, 9.17) is 0 Å². The quantitative estimate of drug-likeness (QED) is 0.866. The van der Waals surface area contributed by atoms with Gasteiger partial charge in [0.2, 0.25) is 0 Å². The zero-order valence-corrected chi connectivity index (χ0v) is 11.8. The maximum atomic E-state index is 12.6. The first kappa shape index (κ1) is 13.5. The molecule has 1 amide bonds. The highest BCUT2D eigenvalue weighted by Crippen LogP contribution is 2.28. The number of nitrogens with zero attached hydrogens (tertiary/aromatic N) is 4. The summed E-state index contributed by atoms with van der Waals surface area (Å²) in [5.74, 6) is 0.642. The standard InChI is InChI=1S/C14H17N5O2/c1-9-4-2-6-11(12(9)20)14(21)19-7-3-5-10(8-19)13-15-17-18-16-13/h2,4,6,10,20H,3,5,7-8H2,1H3,(H,15,16,17,18)/t10-/m0/s1. The Labute approximate surface area is 122 Å². The van der Waals surface area contributed by atoms with E-state index in [0.717, 1.165) is 12.8 Å². The van der Waals surface area contributed by atoms with Crippen molar-refractivity contribution in [2.24, 2.45) is 0 Å². The number of phenols is 1. The lowest BCUT2D eigenvalue weighted by Gasteiger charge is -2.31. The molecule has 2 heterocycles. The number of piperidine rings is 1. The van der Waals surface area contributed by atoms with Crippen molar-refractivity contribution < 1.29 is 9.90 Å². The number of aromatic nitrogens is 4. The fourth-order valence-electron chi connectivity index (χ4n) is 2.72. The largest absolute Gasteiger partial charge is 0.507 e. The topological polar surface area (TPSA) is 95.0 Å². The molecular weight excluding hydrogens is 270 g/mol. The van der Waals surface area contributed by atoms with Crippen LogP contribution in [0.3, 0.4) is 0 Å². The third-order valence-electron chi connectivity index (χ3n) is 3.90. The van der Waals surface area contributed by atoms with Crippen LogP contribution >= 0.6 is 0 Å². The first-order chi connectivity index (χ1) is 10.2. The molecule has 0 unspecified atom stereocenters. The van der Waals surface area contributed by atoms with Gasteiger partial charge in [0, 0.05) is 19.0 Å². The Morgan fingerprint density at radius 2 is 2.33 bits per heavy atom. The second-order valence-corrected chi connectivity index (χ2v) is 5.33. The fraction of sp³-hybridized carbons (Fsp3) is 0.429. The van der Waals surface area contributed by atoms with Gasteiger partial charge in [-0.05, 0) is 31.4 Å². The van der Waals surface area contributed by atoms with Gasteiger partial charge in [0.05, 0.1) is 5.56 Å². The SMILES string of the molecule is Cc1cccc(C(=O)N2CCC[C@H](c3nn[nH]n3)C2)c1O. The van der Waals surface area contributed by atoms with E-state index in [9.17, 15) is 9.90 Å². The Kier molecular flexibility index (Phi) is 3.55. The molecule has 7 nitrogen and oxygen atoms in total. The van der Waals surface area contributed by atoms with Gasteiger partial charge in [-0.25, -0.2) is 0 Å². The molecule has 1 aromatic heterocycles. The summed E-state index contributed by atoms with van der Waals surface area (Å²) >= 11 is 0. The number of likely N-dealkylation sites (tertiary alicyclic amines) is 1. The number of hydrogen-bond acceptors (Lipinski definition) is 5. The van der Waals surface area contributed by atoms with Crippen molar-refractivity contribution in [2.45, 2.75) is 25.7 Å². The zero-order chi connectivity index (χ0) is 14.8. The van der Waals surface area contributed by atoms with Gasteiger partial charge in [0.1, 0.15) is 5.75 Å². The number of H-pyrrole nitrogens is 1. The lowest BCUT2D eigenvalue weighted by Crippen LogP contribution is -2.39. The smallest absolute Gasteiger partial charge is 0.257 e. The number of nitrogens with one attached hydrogen (secondary N) is 1. The maximum absolute atomic E-state index is 12.6. The number of aromatic hydroxyl groups is 1. The number of tetrazole rings is 1. The van der Waals surface area contributed by atoms with Crippen LogP contribution in [0.5, 0.6) is 5.75 Å². The van der Waals surface area contributed by atoms with E-state index in [2.05, 4.69) is 20.6 Å². The van der Waals surface area contributed by atoms with Crippen molar-refractivity contribution in [1.82, 2.24) is 25.5 Å². The molecule has 0 bridgehead atoms. The first-order valence-corrected chi connectivity index (χ1v) is 6.98. The average Bonchev–Trinajstić information content (AvgIpc) is 3.04. The second kappa shape index (κ2) is 5.51. The minimum Gasteiger partial charge on any atom is -0.507 e. The summed E-state index contributed by atoms with van der Waals surface area (Å²) in [7, 11) is 0. The molecule has 0 aliphatic carbocycles. The van der Waals surface area contributed by atoms with Crippen LogP contribution in [0.4, 0.5) is 0 Å². The van der Waals surface area contributed by atoms with E-state index in [1.54, 1.807) is 30.0 Å². The summed E-state index contributed by atoms with van der Waals surface area (Å²) in [6.45, 7) is 3.01. The number of carbonyl (C=O) groups is 1. The van der Waals surface area contributed by atoms with Crippen LogP contribution in [0, 0.1) is 6.92 Å². The molecule has 1 fully saturated rings. The fourth-order valence-corrected chi connectivity index (χ4v) is 2.72. The van der Waals surface area contributed by atoms with Crippen LogP contribution in [-0.2, 0) is 0 Å². The van der Waals surface area contributed by atoms with E-state index >= 15 is 0 Å². The van der Waals surface area contributed by atoms with E-state index in [1.807, 2.05) is 0 Å². The number of carbonyl (C=O) groups excluding carboxylic acids is 1. The lowest BCUT2D eigenvalue weighted by molar-refractivity contribution is 0.0701. The van der Waals surface area contributed by atoms with Crippen LogP contribution in [0.1, 0.15) is 40.5 Å². The van der Waals surface area contributed by atoms with E-state index in [-0.39, 0.29) is 17.6 Å². The zero-order valence-electron chi connectivity index (χ0n) is 11.8. The van der Waals surface area contributed by atoms with Gasteiger partial charge in [-0.1, -0.05) is 17.3 Å². The predicted molar refractivity (Wildman–Crippen MR) is 74.9 cm³/mol. The number of amides is 1. The van der Waals surface area contributed by atoms with Crippen LogP contribution < -0.4 is 0 Å². The van der Waals surface area contributed by atoms with E-state index in [1.165, 1.54) is 0 Å². The van der Waals surface area contributed by atoms with Crippen molar-refractivity contribution in [3.63, 3.8) is 0 Å². The van der Waals surface area contributed by atoms with E-state index < -0.39 is 0 Å². The Balaban J connectivity index is 1.80. The highest BCUT2D eigenvalue weighted by molar-refractivity contribution is 5.97. The molecule has 2 N–H and O–H groups in total. The van der Waals surface area contributed by atoms with Gasteiger partial charge in [-0.3, -0.25) is 4.79 Å². The molecule has 7 heteroatoms. The molecule has 1 aliphatic rings. The van der Waals surface area contributed by atoms with Crippen LogP contribution in [-0.4, -0.2) is 49.6 Å². The van der Waals surface area contributed by atoms with Crippen molar-refractivity contribution in [3.05, 3.63) is 35.2 Å². The first-order valence-electron chi connectivity index (χ1n) is 6.98. The lowest BCUT2D eigenvalue weighted by atomic mass is 9.96. The summed E-state index contributed by atoms with van der Waals surface area (Å²) in [6.07, 6.45) is 1.82. The molecule has 1 saturated heterocycles. The van der Waals surface area contributed by atoms with Crippen LogP contribution in [0.15, 0.2) is 18.2 Å². The maximum Gasteiger partial charge on any atom is 0.257 e. The Morgan fingerprint density at radius 1 is 1.48 bits per heavy atom. The van der Waals surface area contributed by atoms with Gasteiger partial charge in [-0.15, -0.1) is 10.2 Å². The third-order valence-corrected chi connectivity index (χ3v) is 3.90. The van der Waals surface area contributed by atoms with Crippen molar-refractivity contribution in [1.29, 1.82) is 0 Å². The van der Waals surface area contributed by atoms with Crippen molar-refractivity contribution in [3.8, 4) is 5.75 Å². The number of aryl methyl sites for hydroxylation is 1. The molecular formula is C14H17N5O2. The molecule has 21 heavy (non-hydrogen) atoms. The molecule has 3 rings (SSSR count). The number of rotatable bonds is 2. The molecule has 0 saturated carbocycles. The predicted octanol–water partition coefficient (Wildman–Crippen LogP) is 1.23. The van der Waals surface area contributed by atoms with Gasteiger partial charge in [0.15, 0.2) is 5.82 Å². The minimum atomic E-state index is -0.149. The molecule has 1 aromatic carbocycles. The van der Waals surface area contributed by atoms with Gasteiger partial charge >= 0.3 is 0 Å². The van der Waals surface area contributed by atoms with Crippen LogP contribution in [0.2, 0.25) is 0 Å². The van der Waals surface area contributed by atoms with Gasteiger partial charge < -0.3 is 10.0 Å². The average molecular weight is 287 g/mol. The Bertz CT molecular complexity index is 641. The molecule has 0 radical (unpaired) electrons. The Morgan fingerprint density at radius 3 is 3.10 bits per heavy atom. The van der Waals surface area contributed by atoms with Crippen molar-refractivity contribution in [2.75, 3.05) is 13.1 Å². The minimum absolute atomic E-state index is 0.0594. The highest BCUT2D eigenvalue weighted by atomic mass is 16.3. The molecule has 1 atom stereocenters. The molecule has 110 valence electrons. The van der Waals surface area contributed by atoms with E-state index in [0.29, 0.717) is 30.0 Å². The normalized spacial score (nSPS) is 18.7. The molecule has 0 spiro atoms. The van der Waals surface area contributed by atoms with Gasteiger partial charge in [0.25, 0.3) is 5.91 Å². The molecule has 2 aromatic rings. The summed E-state index contributed by atoms with van der Waals surface area (Å²) in [4.78, 5) is 14.3. The number of phenolic OH excluding ortho intramolecular Hbond substituents is 1. The number of para-hydroxylation sites is 1. The molecule has 1 aliphatic heterocycles. The number of aromatic amines is 1. The Hall–Kier alpha value is -2.44. The summed E-state index contributed by atoms with van der Waals surface area (Å²) in [6, 6.07) is 5.22. The monoisotopic (exact) mass is 287 g/mol. The second-order valence-electron chi connectivity index (χ2n) is 5.33. The number of hydrogen-bond donors (Lipinski definition) is 2. The summed E-state index contributed by atoms with van der Waals surface area (Å²) in [5.41, 5.74) is 1.05.